The van der Waals surface area contributed by atoms with E-state index in [1.54, 1.807) is 20.8 Å². The van der Waals surface area contributed by atoms with E-state index in [9.17, 15) is 18.4 Å². The molecule has 0 bridgehead atoms. The number of carbonyl (C=O) groups excluding carboxylic acids is 2. The summed E-state index contributed by atoms with van der Waals surface area (Å²) in [5.74, 6) is -6.07. The van der Waals surface area contributed by atoms with E-state index >= 15 is 0 Å². The lowest BCUT2D eigenvalue weighted by molar-refractivity contribution is -0.150. The van der Waals surface area contributed by atoms with Crippen LogP contribution in [0.4, 0.5) is 8.78 Å². The van der Waals surface area contributed by atoms with E-state index in [1.807, 2.05) is 6.92 Å². The normalized spacial score (nSPS) is 12.8. The molecule has 25 heavy (non-hydrogen) atoms. The van der Waals surface area contributed by atoms with Crippen molar-refractivity contribution in [1.29, 1.82) is 0 Å². The number of nitrogens with two attached hydrogens (primary N) is 1. The number of halogens is 2. The van der Waals surface area contributed by atoms with Crippen LogP contribution in [-0.4, -0.2) is 29.2 Å². The molecule has 0 saturated carbocycles. The quantitative estimate of drug-likeness (QED) is 0.209. The zero-order valence-corrected chi connectivity index (χ0v) is 15.7. The van der Waals surface area contributed by atoms with Crippen LogP contribution in [0.5, 0.6) is 0 Å². The Kier molecular flexibility index (Phi) is 9.52. The minimum atomic E-state index is -3.34. The predicted octanol–water partition coefficient (Wildman–Crippen LogP) is 4.15. The van der Waals surface area contributed by atoms with Crippen LogP contribution in [0.1, 0.15) is 72.6 Å². The molecule has 0 spiro atoms. The van der Waals surface area contributed by atoms with Gasteiger partial charge in [0.2, 0.25) is 0 Å². The van der Waals surface area contributed by atoms with Crippen molar-refractivity contribution in [2.45, 2.75) is 84.2 Å². The summed E-state index contributed by atoms with van der Waals surface area (Å²) < 4.78 is 32.8. The van der Waals surface area contributed by atoms with Crippen LogP contribution in [0.2, 0.25) is 0 Å². The van der Waals surface area contributed by atoms with Crippen molar-refractivity contribution >= 4 is 17.7 Å². The highest BCUT2D eigenvalue weighted by Crippen LogP contribution is 2.23. The lowest BCUT2D eigenvalue weighted by Crippen LogP contribution is -2.36. The number of nitrogens with zero attached hydrogens (tertiary/aromatic N) is 1. The molecule has 0 heterocycles. The topological polar surface area (TPSA) is 81.8 Å². The molecule has 144 valence electrons. The summed E-state index contributed by atoms with van der Waals surface area (Å²) in [4.78, 5) is 26.6. The first-order valence-electron chi connectivity index (χ1n) is 8.55. The maximum absolute atomic E-state index is 13.9. The monoisotopic (exact) mass is 360 g/mol. The predicted molar refractivity (Wildman–Crippen MR) is 94.6 cm³/mol. The number of hydrogen-bond donors (Lipinski definition) is 1. The van der Waals surface area contributed by atoms with Crippen LogP contribution < -0.4 is 5.73 Å². The Bertz CT molecular complexity index is 509. The number of carbonyl (C=O) groups is 2. The number of esters is 1. The summed E-state index contributed by atoms with van der Waals surface area (Å²) in [5, 5.41) is 0. The third-order valence-corrected chi connectivity index (χ3v) is 3.27. The van der Waals surface area contributed by atoms with Gasteiger partial charge >= 0.3 is 11.9 Å². The molecule has 5 nitrogen and oxygen atoms in total. The lowest BCUT2D eigenvalue weighted by Gasteiger charge is -2.20. The van der Waals surface area contributed by atoms with Crippen LogP contribution in [0.15, 0.2) is 17.1 Å². The van der Waals surface area contributed by atoms with Gasteiger partial charge < -0.3 is 10.5 Å². The molecule has 0 radical (unpaired) electrons. The van der Waals surface area contributed by atoms with Crippen LogP contribution in [-0.2, 0) is 14.3 Å². The van der Waals surface area contributed by atoms with Crippen molar-refractivity contribution < 1.29 is 23.1 Å². The van der Waals surface area contributed by atoms with Gasteiger partial charge in [0, 0.05) is 12.0 Å². The highest BCUT2D eigenvalue weighted by molar-refractivity contribution is 6.01. The van der Waals surface area contributed by atoms with Gasteiger partial charge in [-0.2, -0.15) is 13.8 Å². The summed E-state index contributed by atoms with van der Waals surface area (Å²) in [6.45, 7) is 10.5. The number of unbranched alkanes of at least 4 members (excludes halogenated alkanes) is 4. The lowest BCUT2D eigenvalue weighted by atomic mass is 10.1. The molecule has 0 unspecified atom stereocenters. The largest absolute Gasteiger partial charge is 0.457 e. The van der Waals surface area contributed by atoms with E-state index in [4.69, 9.17) is 10.5 Å². The molecule has 0 aromatic carbocycles. The van der Waals surface area contributed by atoms with Gasteiger partial charge in [-0.1, -0.05) is 39.2 Å². The van der Waals surface area contributed by atoms with E-state index < -0.39 is 42.1 Å². The molecule has 0 fully saturated rings. The molecule has 1 amide bonds. The standard InChI is InChI=1S/C18H30F2N2O3/c1-6-7-8-9-10-11-18(19,20)16(21)22-14(23)12-13(2)15(24)25-17(3,4)5/h2,6-12H2,1,3-5H3,(H2,21,22,23). The fourth-order valence-corrected chi connectivity index (χ4v) is 1.94. The van der Waals surface area contributed by atoms with Gasteiger partial charge in [-0.25, -0.2) is 4.79 Å². The minimum Gasteiger partial charge on any atom is -0.457 e. The van der Waals surface area contributed by atoms with Crippen LogP contribution in [0.25, 0.3) is 0 Å². The second kappa shape index (κ2) is 10.3. The number of alkyl halides is 2. The minimum absolute atomic E-state index is 0.153. The third-order valence-electron chi connectivity index (χ3n) is 3.27. The van der Waals surface area contributed by atoms with Gasteiger partial charge in [0.1, 0.15) is 5.60 Å². The van der Waals surface area contributed by atoms with Gasteiger partial charge in [0.05, 0.1) is 6.42 Å². The first-order valence-corrected chi connectivity index (χ1v) is 8.55. The summed E-state index contributed by atoms with van der Waals surface area (Å²) >= 11 is 0. The number of rotatable bonds is 10. The van der Waals surface area contributed by atoms with E-state index in [0.29, 0.717) is 12.8 Å². The number of amidine groups is 1. The molecule has 0 aliphatic heterocycles. The number of hydrogen-bond acceptors (Lipinski definition) is 3. The van der Waals surface area contributed by atoms with Crippen molar-refractivity contribution in [1.82, 2.24) is 0 Å². The number of amides is 1. The molecule has 0 rings (SSSR count). The Morgan fingerprint density at radius 2 is 1.68 bits per heavy atom. The van der Waals surface area contributed by atoms with Gasteiger partial charge in [-0.3, -0.25) is 4.79 Å². The first-order chi connectivity index (χ1) is 11.4. The average Bonchev–Trinajstić information content (AvgIpc) is 2.44. The fraction of sp³-hybridized carbons (Fsp3) is 0.722. The molecule has 0 aromatic heterocycles. The Balaban J connectivity index is 4.56. The van der Waals surface area contributed by atoms with E-state index in [0.717, 1.165) is 19.3 Å². The molecule has 0 saturated heterocycles. The van der Waals surface area contributed by atoms with Crippen molar-refractivity contribution in [2.75, 3.05) is 0 Å². The van der Waals surface area contributed by atoms with E-state index in [-0.39, 0.29) is 5.57 Å². The van der Waals surface area contributed by atoms with Crippen molar-refractivity contribution in [3.8, 4) is 0 Å². The first kappa shape index (κ1) is 23.2. The highest BCUT2D eigenvalue weighted by atomic mass is 19.3. The fourth-order valence-electron chi connectivity index (χ4n) is 1.94. The van der Waals surface area contributed by atoms with Crippen LogP contribution in [0, 0.1) is 0 Å². The molecular formula is C18H30F2N2O3. The smallest absolute Gasteiger partial charge is 0.334 e. The summed E-state index contributed by atoms with van der Waals surface area (Å²) in [5.41, 5.74) is 4.39. The Hall–Kier alpha value is -1.79. The van der Waals surface area contributed by atoms with Gasteiger partial charge in [-0.05, 0) is 27.2 Å². The van der Waals surface area contributed by atoms with Gasteiger partial charge in [0.25, 0.3) is 5.91 Å². The molecule has 0 aliphatic carbocycles. The molecule has 0 aromatic rings. The summed E-state index contributed by atoms with van der Waals surface area (Å²) in [7, 11) is 0. The second-order valence-corrected chi connectivity index (χ2v) is 7.04. The maximum Gasteiger partial charge on any atom is 0.334 e. The van der Waals surface area contributed by atoms with Crippen molar-refractivity contribution in [2.24, 2.45) is 10.7 Å². The summed E-state index contributed by atoms with van der Waals surface area (Å²) in [6, 6.07) is 0. The zero-order chi connectivity index (χ0) is 19.7. The zero-order valence-electron chi connectivity index (χ0n) is 15.7. The van der Waals surface area contributed by atoms with Crippen LogP contribution in [0.3, 0.4) is 0 Å². The molecule has 0 atom stereocenters. The van der Waals surface area contributed by atoms with E-state index in [2.05, 4.69) is 11.6 Å². The molecule has 0 aliphatic rings. The van der Waals surface area contributed by atoms with Gasteiger partial charge in [-0.15, -0.1) is 0 Å². The molecular weight excluding hydrogens is 330 g/mol. The molecule has 7 heteroatoms. The SMILES string of the molecule is C=C(CC(=O)N=C(N)C(F)(F)CCCCCCC)C(=O)OC(C)(C)C. The summed E-state index contributed by atoms with van der Waals surface area (Å²) in [6.07, 6.45) is 2.94. The third kappa shape index (κ3) is 10.6. The average molecular weight is 360 g/mol. The van der Waals surface area contributed by atoms with Crippen molar-refractivity contribution in [3.05, 3.63) is 12.2 Å². The number of ether oxygens (including phenoxy) is 1. The maximum atomic E-state index is 13.9. The highest BCUT2D eigenvalue weighted by Gasteiger charge is 2.34. The molecule has 2 N–H and O–H groups in total. The van der Waals surface area contributed by atoms with Crippen LogP contribution >= 0.6 is 0 Å². The Morgan fingerprint density at radius 1 is 1.12 bits per heavy atom. The Morgan fingerprint density at radius 3 is 2.20 bits per heavy atom. The number of aliphatic imine (C=N–C) groups is 1. The second-order valence-electron chi connectivity index (χ2n) is 7.04. The van der Waals surface area contributed by atoms with E-state index in [1.165, 1.54) is 0 Å². The van der Waals surface area contributed by atoms with Crippen molar-refractivity contribution in [3.63, 3.8) is 0 Å². The van der Waals surface area contributed by atoms with Gasteiger partial charge in [0.15, 0.2) is 5.84 Å². The Labute approximate surface area is 148 Å².